The molecular weight excluding hydrogens is 202 g/mol. The molecule has 0 radical (unpaired) electrons. The molecule has 0 bridgehead atoms. The predicted octanol–water partition coefficient (Wildman–Crippen LogP) is 1.46. The summed E-state index contributed by atoms with van der Waals surface area (Å²) in [5, 5.41) is 0. The first-order valence-electron chi connectivity index (χ1n) is 5.65. The van der Waals surface area contributed by atoms with Crippen molar-refractivity contribution >= 4 is 11.6 Å². The Morgan fingerprint density at radius 1 is 1.44 bits per heavy atom. The van der Waals surface area contributed by atoms with E-state index in [0.717, 1.165) is 25.2 Å². The van der Waals surface area contributed by atoms with Gasteiger partial charge in [-0.05, 0) is 25.5 Å². The zero-order valence-electron chi connectivity index (χ0n) is 9.94. The second kappa shape index (κ2) is 6.10. The van der Waals surface area contributed by atoms with Crippen molar-refractivity contribution in [2.75, 3.05) is 18.8 Å². The van der Waals surface area contributed by atoms with Gasteiger partial charge in [-0.25, -0.2) is 0 Å². The molecule has 0 saturated heterocycles. The summed E-state index contributed by atoms with van der Waals surface area (Å²) >= 11 is 0. The molecule has 1 aromatic rings. The number of rotatable bonds is 5. The molecule has 0 aliphatic rings. The van der Waals surface area contributed by atoms with Crippen LogP contribution in [0.5, 0.6) is 0 Å². The minimum absolute atomic E-state index is 0.127. The van der Waals surface area contributed by atoms with E-state index >= 15 is 0 Å². The van der Waals surface area contributed by atoms with Crippen LogP contribution in [0.2, 0.25) is 0 Å². The SMILES string of the molecule is CCCN(CC)C(=O)Cc1ccc(N)cn1. The molecule has 0 aliphatic heterocycles. The number of anilines is 1. The Labute approximate surface area is 96.5 Å². The van der Waals surface area contributed by atoms with Crippen molar-refractivity contribution in [3.63, 3.8) is 0 Å². The number of hydrogen-bond donors (Lipinski definition) is 1. The molecule has 88 valence electrons. The zero-order chi connectivity index (χ0) is 12.0. The van der Waals surface area contributed by atoms with Crippen LogP contribution >= 0.6 is 0 Å². The second-order valence-electron chi connectivity index (χ2n) is 3.73. The van der Waals surface area contributed by atoms with Crippen LogP contribution in [0.3, 0.4) is 0 Å². The van der Waals surface area contributed by atoms with Crippen LogP contribution in [0.1, 0.15) is 26.0 Å². The number of nitrogen functional groups attached to an aromatic ring is 1. The number of likely N-dealkylation sites (N-methyl/N-ethyl adjacent to an activating group) is 1. The van der Waals surface area contributed by atoms with Crippen LogP contribution in [0.15, 0.2) is 18.3 Å². The maximum atomic E-state index is 11.9. The van der Waals surface area contributed by atoms with Crippen LogP contribution in [-0.2, 0) is 11.2 Å². The van der Waals surface area contributed by atoms with Crippen molar-refractivity contribution in [1.29, 1.82) is 0 Å². The maximum absolute atomic E-state index is 11.9. The van der Waals surface area contributed by atoms with Gasteiger partial charge in [0.05, 0.1) is 18.3 Å². The van der Waals surface area contributed by atoms with Crippen LogP contribution in [0.4, 0.5) is 5.69 Å². The lowest BCUT2D eigenvalue weighted by Gasteiger charge is -2.19. The van der Waals surface area contributed by atoms with E-state index in [4.69, 9.17) is 5.73 Å². The zero-order valence-corrected chi connectivity index (χ0v) is 9.94. The molecule has 0 saturated carbocycles. The average Bonchev–Trinajstić information content (AvgIpc) is 2.29. The lowest BCUT2D eigenvalue weighted by Crippen LogP contribution is -2.32. The minimum Gasteiger partial charge on any atom is -0.397 e. The number of amides is 1. The number of nitrogens with zero attached hydrogens (tertiary/aromatic N) is 2. The topological polar surface area (TPSA) is 59.2 Å². The van der Waals surface area contributed by atoms with E-state index in [1.54, 1.807) is 18.3 Å². The summed E-state index contributed by atoms with van der Waals surface area (Å²) in [5.74, 6) is 0.127. The number of pyridine rings is 1. The Hall–Kier alpha value is -1.58. The van der Waals surface area contributed by atoms with Gasteiger partial charge in [0.25, 0.3) is 0 Å². The first kappa shape index (κ1) is 12.5. The first-order chi connectivity index (χ1) is 7.67. The van der Waals surface area contributed by atoms with Gasteiger partial charge in [0.2, 0.25) is 5.91 Å². The van der Waals surface area contributed by atoms with Gasteiger partial charge in [0.15, 0.2) is 0 Å². The first-order valence-corrected chi connectivity index (χ1v) is 5.65. The highest BCUT2D eigenvalue weighted by Gasteiger charge is 2.11. The molecule has 2 N–H and O–H groups in total. The monoisotopic (exact) mass is 221 g/mol. The molecule has 1 aromatic heterocycles. The molecule has 0 aromatic carbocycles. The summed E-state index contributed by atoms with van der Waals surface area (Å²) in [4.78, 5) is 17.8. The standard InChI is InChI=1S/C12H19N3O/c1-3-7-15(4-2)12(16)8-11-6-5-10(13)9-14-11/h5-6,9H,3-4,7-8,13H2,1-2H3. The van der Waals surface area contributed by atoms with E-state index in [9.17, 15) is 4.79 Å². The van der Waals surface area contributed by atoms with Gasteiger partial charge in [-0.15, -0.1) is 0 Å². The Kier molecular flexibility index (Phi) is 4.76. The van der Waals surface area contributed by atoms with E-state index < -0.39 is 0 Å². The highest BCUT2D eigenvalue weighted by molar-refractivity contribution is 5.78. The molecule has 1 heterocycles. The van der Waals surface area contributed by atoms with Gasteiger partial charge in [-0.2, -0.15) is 0 Å². The molecule has 1 amide bonds. The maximum Gasteiger partial charge on any atom is 0.228 e. The smallest absolute Gasteiger partial charge is 0.228 e. The molecule has 16 heavy (non-hydrogen) atoms. The minimum atomic E-state index is 0.127. The van der Waals surface area contributed by atoms with Crippen molar-refractivity contribution in [3.8, 4) is 0 Å². The van der Waals surface area contributed by atoms with E-state index in [1.165, 1.54) is 0 Å². The Morgan fingerprint density at radius 2 is 2.19 bits per heavy atom. The Bertz CT molecular complexity index is 335. The van der Waals surface area contributed by atoms with E-state index in [2.05, 4.69) is 11.9 Å². The molecule has 0 fully saturated rings. The summed E-state index contributed by atoms with van der Waals surface area (Å²) in [6.45, 7) is 5.62. The van der Waals surface area contributed by atoms with Crippen molar-refractivity contribution < 1.29 is 4.79 Å². The second-order valence-corrected chi connectivity index (χ2v) is 3.73. The average molecular weight is 221 g/mol. The van der Waals surface area contributed by atoms with Crippen molar-refractivity contribution in [1.82, 2.24) is 9.88 Å². The van der Waals surface area contributed by atoms with E-state index in [-0.39, 0.29) is 5.91 Å². The fraction of sp³-hybridized carbons (Fsp3) is 0.500. The van der Waals surface area contributed by atoms with Crippen molar-refractivity contribution in [3.05, 3.63) is 24.0 Å². The molecule has 4 heteroatoms. The van der Waals surface area contributed by atoms with E-state index in [0.29, 0.717) is 12.1 Å². The van der Waals surface area contributed by atoms with Gasteiger partial charge in [-0.1, -0.05) is 6.92 Å². The highest BCUT2D eigenvalue weighted by atomic mass is 16.2. The summed E-state index contributed by atoms with van der Waals surface area (Å²) in [6, 6.07) is 3.57. The number of aromatic nitrogens is 1. The lowest BCUT2D eigenvalue weighted by atomic mass is 10.2. The number of carbonyl (C=O) groups excluding carboxylic acids is 1. The fourth-order valence-corrected chi connectivity index (χ4v) is 1.54. The highest BCUT2D eigenvalue weighted by Crippen LogP contribution is 2.04. The van der Waals surface area contributed by atoms with Crippen LogP contribution in [-0.4, -0.2) is 28.9 Å². The summed E-state index contributed by atoms with van der Waals surface area (Å²) in [7, 11) is 0. The Balaban J connectivity index is 2.59. The largest absolute Gasteiger partial charge is 0.397 e. The molecule has 0 unspecified atom stereocenters. The quantitative estimate of drug-likeness (QED) is 0.819. The van der Waals surface area contributed by atoms with Gasteiger partial charge < -0.3 is 10.6 Å². The summed E-state index contributed by atoms with van der Waals surface area (Å²) in [5.41, 5.74) is 6.93. The molecule has 4 nitrogen and oxygen atoms in total. The van der Waals surface area contributed by atoms with E-state index in [1.807, 2.05) is 11.8 Å². The normalized spacial score (nSPS) is 10.1. The summed E-state index contributed by atoms with van der Waals surface area (Å²) < 4.78 is 0. The molecule has 1 rings (SSSR count). The van der Waals surface area contributed by atoms with Gasteiger partial charge >= 0.3 is 0 Å². The third-order valence-electron chi connectivity index (χ3n) is 2.41. The van der Waals surface area contributed by atoms with Crippen LogP contribution in [0, 0.1) is 0 Å². The van der Waals surface area contributed by atoms with Gasteiger partial charge in [0.1, 0.15) is 0 Å². The number of hydrogen-bond acceptors (Lipinski definition) is 3. The van der Waals surface area contributed by atoms with Crippen LogP contribution in [0.25, 0.3) is 0 Å². The van der Waals surface area contributed by atoms with Gasteiger partial charge in [-0.3, -0.25) is 9.78 Å². The summed E-state index contributed by atoms with van der Waals surface area (Å²) in [6.07, 6.45) is 2.92. The fourth-order valence-electron chi connectivity index (χ4n) is 1.54. The molecule has 0 aliphatic carbocycles. The number of nitrogens with two attached hydrogens (primary N) is 1. The predicted molar refractivity (Wildman–Crippen MR) is 64.9 cm³/mol. The van der Waals surface area contributed by atoms with Crippen molar-refractivity contribution in [2.45, 2.75) is 26.7 Å². The van der Waals surface area contributed by atoms with Gasteiger partial charge in [0, 0.05) is 18.8 Å². The lowest BCUT2D eigenvalue weighted by molar-refractivity contribution is -0.130. The molecule has 0 spiro atoms. The third-order valence-corrected chi connectivity index (χ3v) is 2.41. The number of carbonyl (C=O) groups is 1. The van der Waals surface area contributed by atoms with Crippen molar-refractivity contribution in [2.24, 2.45) is 0 Å². The Morgan fingerprint density at radius 3 is 2.69 bits per heavy atom. The molecular formula is C12H19N3O. The molecule has 0 atom stereocenters. The van der Waals surface area contributed by atoms with Crippen LogP contribution < -0.4 is 5.73 Å². The third kappa shape index (κ3) is 3.53.